The normalized spacial score (nSPS) is 12.9. The molecule has 1 aromatic carbocycles. The van der Waals surface area contributed by atoms with Crippen LogP contribution in [0.15, 0.2) is 30.3 Å². The smallest absolute Gasteiger partial charge is 0.130 e. The maximum atomic E-state index is 6.09. The summed E-state index contributed by atoms with van der Waals surface area (Å²) in [7, 11) is 0. The second kappa shape index (κ2) is 6.02. The molecular weight excluding hydrogens is 236 g/mol. The molecule has 2 rings (SSSR count). The van der Waals surface area contributed by atoms with Gasteiger partial charge in [0, 0.05) is 18.0 Å². The number of nitrogens with two attached hydrogens (primary N) is 1. The monoisotopic (exact) mass is 258 g/mol. The molecule has 3 nitrogen and oxygen atoms in total. The number of aromatic nitrogens is 1. The van der Waals surface area contributed by atoms with Crippen LogP contribution < -0.4 is 10.5 Å². The van der Waals surface area contributed by atoms with Gasteiger partial charge in [0.15, 0.2) is 0 Å². The first kappa shape index (κ1) is 13.8. The van der Waals surface area contributed by atoms with E-state index >= 15 is 0 Å². The maximum absolute atomic E-state index is 6.09. The van der Waals surface area contributed by atoms with Gasteiger partial charge in [-0.1, -0.05) is 26.0 Å². The molecule has 0 radical (unpaired) electrons. The number of ether oxygens (including phenoxy) is 1. The van der Waals surface area contributed by atoms with E-state index in [2.05, 4.69) is 25.8 Å². The third-order valence-corrected chi connectivity index (χ3v) is 3.07. The zero-order chi connectivity index (χ0) is 13.8. The fourth-order valence-electron chi connectivity index (χ4n) is 2.33. The van der Waals surface area contributed by atoms with Crippen molar-refractivity contribution in [3.05, 3.63) is 36.0 Å². The summed E-state index contributed by atoms with van der Waals surface area (Å²) < 4.78 is 6.09. The molecule has 19 heavy (non-hydrogen) atoms. The Bertz CT molecular complexity index is 551. The Morgan fingerprint density at radius 3 is 2.63 bits per heavy atom. The quantitative estimate of drug-likeness (QED) is 0.892. The second-order valence-corrected chi connectivity index (χ2v) is 5.39. The Morgan fingerprint density at radius 1 is 1.21 bits per heavy atom. The van der Waals surface area contributed by atoms with Crippen molar-refractivity contribution in [2.45, 2.75) is 39.8 Å². The summed E-state index contributed by atoms with van der Waals surface area (Å²) >= 11 is 0. The van der Waals surface area contributed by atoms with E-state index in [4.69, 9.17) is 10.5 Å². The Kier molecular flexibility index (Phi) is 4.38. The number of rotatable bonds is 5. The number of pyridine rings is 1. The molecule has 1 aromatic heterocycles. The molecule has 102 valence electrons. The van der Waals surface area contributed by atoms with Crippen LogP contribution in [0.1, 0.15) is 32.9 Å². The molecule has 0 aliphatic rings. The van der Waals surface area contributed by atoms with E-state index in [-0.39, 0.29) is 6.10 Å². The van der Waals surface area contributed by atoms with Gasteiger partial charge >= 0.3 is 0 Å². The van der Waals surface area contributed by atoms with Gasteiger partial charge in [-0.3, -0.25) is 4.98 Å². The number of hydrogen-bond donors (Lipinski definition) is 1. The lowest BCUT2D eigenvalue weighted by molar-refractivity contribution is 0.195. The van der Waals surface area contributed by atoms with Crippen LogP contribution in [0.3, 0.4) is 0 Å². The minimum atomic E-state index is 0.191. The number of fused-ring (bicyclic) bond motifs is 1. The van der Waals surface area contributed by atoms with Gasteiger partial charge in [0.1, 0.15) is 5.75 Å². The minimum absolute atomic E-state index is 0.191. The van der Waals surface area contributed by atoms with Crippen molar-refractivity contribution >= 4 is 10.9 Å². The molecule has 1 unspecified atom stereocenters. The maximum Gasteiger partial charge on any atom is 0.130 e. The third-order valence-electron chi connectivity index (χ3n) is 3.07. The van der Waals surface area contributed by atoms with Gasteiger partial charge in [-0.15, -0.1) is 0 Å². The van der Waals surface area contributed by atoms with E-state index in [0.717, 1.165) is 28.8 Å². The fraction of sp³-hybridized carbons (Fsp3) is 0.438. The number of para-hydroxylation sites is 1. The van der Waals surface area contributed by atoms with Gasteiger partial charge in [0.2, 0.25) is 0 Å². The van der Waals surface area contributed by atoms with Gasteiger partial charge in [0.05, 0.1) is 17.3 Å². The molecule has 0 fully saturated rings. The third kappa shape index (κ3) is 3.44. The van der Waals surface area contributed by atoms with E-state index < -0.39 is 0 Å². The van der Waals surface area contributed by atoms with Crippen LogP contribution in [-0.2, 0) is 6.54 Å². The number of nitrogens with zero attached hydrogens (tertiary/aromatic N) is 1. The van der Waals surface area contributed by atoms with Crippen LogP contribution in [-0.4, -0.2) is 11.1 Å². The summed E-state index contributed by atoms with van der Waals surface area (Å²) in [6.45, 7) is 6.95. The highest BCUT2D eigenvalue weighted by Gasteiger charge is 2.11. The number of hydrogen-bond acceptors (Lipinski definition) is 3. The molecule has 0 amide bonds. The second-order valence-electron chi connectivity index (χ2n) is 5.39. The predicted octanol–water partition coefficient (Wildman–Crippen LogP) is 3.51. The van der Waals surface area contributed by atoms with Gasteiger partial charge in [-0.05, 0) is 31.4 Å². The van der Waals surface area contributed by atoms with Gasteiger partial charge in [-0.2, -0.15) is 0 Å². The highest BCUT2D eigenvalue weighted by molar-refractivity contribution is 5.85. The van der Waals surface area contributed by atoms with Crippen LogP contribution in [0, 0.1) is 5.92 Å². The Labute approximate surface area is 114 Å². The highest BCUT2D eigenvalue weighted by atomic mass is 16.5. The summed E-state index contributed by atoms with van der Waals surface area (Å²) in [6, 6.07) is 9.98. The van der Waals surface area contributed by atoms with Gasteiger partial charge in [-0.25, -0.2) is 0 Å². The van der Waals surface area contributed by atoms with E-state index in [1.54, 1.807) is 0 Å². The lowest BCUT2D eigenvalue weighted by Crippen LogP contribution is -2.15. The predicted molar refractivity (Wildman–Crippen MR) is 79.2 cm³/mol. The molecule has 1 heterocycles. The lowest BCUT2D eigenvalue weighted by Gasteiger charge is -2.18. The van der Waals surface area contributed by atoms with Crippen molar-refractivity contribution in [3.63, 3.8) is 0 Å². The average molecular weight is 258 g/mol. The molecule has 0 spiro atoms. The first-order chi connectivity index (χ1) is 9.10. The van der Waals surface area contributed by atoms with E-state index in [1.165, 1.54) is 0 Å². The first-order valence-electron chi connectivity index (χ1n) is 6.85. The van der Waals surface area contributed by atoms with Crippen molar-refractivity contribution in [3.8, 4) is 5.75 Å². The Balaban J connectivity index is 2.35. The highest BCUT2D eigenvalue weighted by Crippen LogP contribution is 2.27. The molecule has 0 aliphatic heterocycles. The van der Waals surface area contributed by atoms with E-state index in [0.29, 0.717) is 12.5 Å². The van der Waals surface area contributed by atoms with Gasteiger partial charge in [0.25, 0.3) is 0 Å². The van der Waals surface area contributed by atoms with Gasteiger partial charge < -0.3 is 10.5 Å². The van der Waals surface area contributed by atoms with Crippen molar-refractivity contribution in [1.82, 2.24) is 4.98 Å². The average Bonchev–Trinajstić information content (AvgIpc) is 2.37. The van der Waals surface area contributed by atoms with Crippen molar-refractivity contribution in [2.24, 2.45) is 11.7 Å². The number of benzene rings is 1. The van der Waals surface area contributed by atoms with E-state index in [1.807, 2.05) is 30.3 Å². The topological polar surface area (TPSA) is 48.1 Å². The SMILES string of the molecule is CC(C)CC(C)Oc1cc(CN)nc2ccccc12. The lowest BCUT2D eigenvalue weighted by atomic mass is 10.1. The van der Waals surface area contributed by atoms with Crippen molar-refractivity contribution < 1.29 is 4.74 Å². The largest absolute Gasteiger partial charge is 0.490 e. The van der Waals surface area contributed by atoms with Crippen LogP contribution in [0.2, 0.25) is 0 Å². The van der Waals surface area contributed by atoms with Crippen LogP contribution >= 0.6 is 0 Å². The summed E-state index contributed by atoms with van der Waals surface area (Å²) in [5.41, 5.74) is 7.51. The van der Waals surface area contributed by atoms with Crippen molar-refractivity contribution in [1.29, 1.82) is 0 Å². The Morgan fingerprint density at radius 2 is 1.95 bits per heavy atom. The van der Waals surface area contributed by atoms with Crippen LogP contribution in [0.5, 0.6) is 5.75 Å². The summed E-state index contributed by atoms with van der Waals surface area (Å²) in [4.78, 5) is 4.52. The Hall–Kier alpha value is -1.61. The van der Waals surface area contributed by atoms with Crippen molar-refractivity contribution in [2.75, 3.05) is 0 Å². The molecular formula is C16H22N2O. The van der Waals surface area contributed by atoms with E-state index in [9.17, 15) is 0 Å². The first-order valence-corrected chi connectivity index (χ1v) is 6.85. The van der Waals surface area contributed by atoms with Crippen LogP contribution in [0.25, 0.3) is 10.9 Å². The molecule has 2 N–H and O–H groups in total. The summed E-state index contributed by atoms with van der Waals surface area (Å²) in [5, 5.41) is 1.05. The molecule has 0 aliphatic carbocycles. The molecule has 2 aromatic rings. The summed E-state index contributed by atoms with van der Waals surface area (Å²) in [5.74, 6) is 1.51. The zero-order valence-corrected chi connectivity index (χ0v) is 11.9. The molecule has 0 saturated carbocycles. The summed E-state index contributed by atoms with van der Waals surface area (Å²) in [6.07, 6.45) is 1.23. The molecule has 0 saturated heterocycles. The zero-order valence-electron chi connectivity index (χ0n) is 11.9. The van der Waals surface area contributed by atoms with Crippen LogP contribution in [0.4, 0.5) is 0 Å². The standard InChI is InChI=1S/C16H22N2O/c1-11(2)8-12(3)19-16-9-13(10-17)18-15-7-5-4-6-14(15)16/h4-7,9,11-12H,8,10,17H2,1-3H3. The minimum Gasteiger partial charge on any atom is -0.490 e. The molecule has 1 atom stereocenters. The fourth-order valence-corrected chi connectivity index (χ4v) is 2.33. The molecule has 0 bridgehead atoms. The molecule has 3 heteroatoms.